The number of thioether (sulfide) groups is 1. The van der Waals surface area contributed by atoms with Crippen LogP contribution in [0.1, 0.15) is 40.0 Å². The standard InChI is InChI=1S/C15H26N2O3S/c1-4-5-13-17(12(9-21-13)14(18)19)15(20)16-7-10(2)6-11(3)8-16/h10-13H,4-9H2,1-3H3,(H,18,19). The molecule has 0 saturated carbocycles. The average Bonchev–Trinajstić information content (AvgIpc) is 2.81. The first-order valence-electron chi connectivity index (χ1n) is 7.85. The molecular weight excluding hydrogens is 288 g/mol. The molecule has 2 amide bonds. The highest BCUT2D eigenvalue weighted by molar-refractivity contribution is 8.00. The molecule has 2 heterocycles. The van der Waals surface area contributed by atoms with Gasteiger partial charge in [0, 0.05) is 18.8 Å². The molecule has 2 rings (SSSR count). The molecule has 0 radical (unpaired) electrons. The number of amides is 2. The number of urea groups is 1. The molecule has 0 aromatic heterocycles. The Kier molecular flexibility index (Phi) is 5.41. The van der Waals surface area contributed by atoms with Gasteiger partial charge in [0.1, 0.15) is 6.04 Å². The van der Waals surface area contributed by atoms with Gasteiger partial charge in [0.25, 0.3) is 0 Å². The Labute approximate surface area is 131 Å². The number of carboxylic acid groups (broad SMARTS) is 1. The Balaban J connectivity index is 2.14. The van der Waals surface area contributed by atoms with Crippen LogP contribution in [-0.2, 0) is 4.79 Å². The molecule has 2 aliphatic rings. The van der Waals surface area contributed by atoms with Crippen molar-refractivity contribution in [1.82, 2.24) is 9.80 Å². The smallest absolute Gasteiger partial charge is 0.327 e. The third-order valence-corrected chi connectivity index (χ3v) is 5.63. The van der Waals surface area contributed by atoms with Gasteiger partial charge in [-0.05, 0) is 24.7 Å². The van der Waals surface area contributed by atoms with Crippen molar-refractivity contribution in [2.24, 2.45) is 11.8 Å². The van der Waals surface area contributed by atoms with Gasteiger partial charge < -0.3 is 10.0 Å². The minimum Gasteiger partial charge on any atom is -0.480 e. The highest BCUT2D eigenvalue weighted by Crippen LogP contribution is 2.34. The number of nitrogens with zero attached hydrogens (tertiary/aromatic N) is 2. The number of likely N-dealkylation sites (tertiary alicyclic amines) is 1. The van der Waals surface area contributed by atoms with Crippen molar-refractivity contribution in [3.63, 3.8) is 0 Å². The van der Waals surface area contributed by atoms with Crippen LogP contribution in [0.4, 0.5) is 4.79 Å². The molecule has 0 aliphatic carbocycles. The SMILES string of the molecule is CCCC1SCC(C(=O)O)N1C(=O)N1CC(C)CC(C)C1. The van der Waals surface area contributed by atoms with Crippen molar-refractivity contribution in [3.8, 4) is 0 Å². The monoisotopic (exact) mass is 314 g/mol. The summed E-state index contributed by atoms with van der Waals surface area (Å²) in [6.45, 7) is 7.88. The van der Waals surface area contributed by atoms with Crippen LogP contribution in [0.2, 0.25) is 0 Å². The molecule has 4 unspecified atom stereocenters. The lowest BCUT2D eigenvalue weighted by Gasteiger charge is -2.39. The third-order valence-electron chi connectivity index (χ3n) is 4.27. The zero-order valence-corrected chi connectivity index (χ0v) is 13.9. The fraction of sp³-hybridized carbons (Fsp3) is 0.867. The summed E-state index contributed by atoms with van der Waals surface area (Å²) in [4.78, 5) is 27.8. The van der Waals surface area contributed by atoms with Gasteiger partial charge in [-0.15, -0.1) is 11.8 Å². The molecule has 6 heteroatoms. The molecule has 0 aromatic carbocycles. The van der Waals surface area contributed by atoms with Crippen LogP contribution in [0.5, 0.6) is 0 Å². The minimum atomic E-state index is -0.882. The molecule has 21 heavy (non-hydrogen) atoms. The summed E-state index contributed by atoms with van der Waals surface area (Å²) < 4.78 is 0. The van der Waals surface area contributed by atoms with Gasteiger partial charge >= 0.3 is 12.0 Å². The molecule has 2 fully saturated rings. The van der Waals surface area contributed by atoms with Gasteiger partial charge in [-0.2, -0.15) is 0 Å². The predicted molar refractivity (Wildman–Crippen MR) is 84.3 cm³/mol. The largest absolute Gasteiger partial charge is 0.480 e. The molecule has 0 spiro atoms. The van der Waals surface area contributed by atoms with E-state index in [1.54, 1.807) is 16.7 Å². The first-order chi connectivity index (χ1) is 9.93. The molecule has 1 N–H and O–H groups in total. The normalized spacial score (nSPS) is 33.3. The third kappa shape index (κ3) is 3.65. The van der Waals surface area contributed by atoms with Crippen LogP contribution >= 0.6 is 11.8 Å². The maximum atomic E-state index is 12.9. The lowest BCUT2D eigenvalue weighted by Crippen LogP contribution is -2.54. The van der Waals surface area contributed by atoms with Gasteiger partial charge in [-0.1, -0.05) is 27.2 Å². The van der Waals surface area contributed by atoms with Gasteiger partial charge in [-0.25, -0.2) is 9.59 Å². The molecule has 0 bridgehead atoms. The Morgan fingerprint density at radius 3 is 2.38 bits per heavy atom. The van der Waals surface area contributed by atoms with Gasteiger partial charge in [0.05, 0.1) is 5.37 Å². The van der Waals surface area contributed by atoms with E-state index >= 15 is 0 Å². The van der Waals surface area contributed by atoms with Crippen LogP contribution in [0, 0.1) is 11.8 Å². The number of carboxylic acids is 1. The van der Waals surface area contributed by atoms with E-state index < -0.39 is 12.0 Å². The number of carbonyl (C=O) groups is 2. The van der Waals surface area contributed by atoms with Gasteiger partial charge in [0.15, 0.2) is 0 Å². The van der Waals surface area contributed by atoms with Gasteiger partial charge in [0.2, 0.25) is 0 Å². The average molecular weight is 314 g/mol. The molecule has 120 valence electrons. The summed E-state index contributed by atoms with van der Waals surface area (Å²) in [5.74, 6) is 0.597. The number of carbonyl (C=O) groups excluding carboxylic acids is 1. The van der Waals surface area contributed by atoms with Crippen molar-refractivity contribution in [2.45, 2.75) is 51.4 Å². The van der Waals surface area contributed by atoms with E-state index in [1.165, 1.54) is 0 Å². The van der Waals surface area contributed by atoms with Crippen molar-refractivity contribution < 1.29 is 14.7 Å². The summed E-state index contributed by atoms with van der Waals surface area (Å²) in [7, 11) is 0. The first kappa shape index (κ1) is 16.5. The number of aliphatic carboxylic acids is 1. The predicted octanol–water partition coefficient (Wildman–Crippen LogP) is 2.71. The zero-order chi connectivity index (χ0) is 15.6. The Hall–Kier alpha value is -0.910. The van der Waals surface area contributed by atoms with E-state index in [0.717, 1.165) is 32.4 Å². The van der Waals surface area contributed by atoms with Gasteiger partial charge in [-0.3, -0.25) is 4.90 Å². The number of hydrogen-bond acceptors (Lipinski definition) is 3. The fourth-order valence-electron chi connectivity index (χ4n) is 3.46. The highest BCUT2D eigenvalue weighted by atomic mass is 32.2. The molecule has 0 aromatic rings. The first-order valence-corrected chi connectivity index (χ1v) is 8.90. The second-order valence-electron chi connectivity index (χ2n) is 6.47. The minimum absolute atomic E-state index is 0.0103. The Bertz CT molecular complexity index is 394. The van der Waals surface area contributed by atoms with E-state index in [9.17, 15) is 14.7 Å². The van der Waals surface area contributed by atoms with Crippen molar-refractivity contribution in [1.29, 1.82) is 0 Å². The fourth-order valence-corrected chi connectivity index (χ4v) is 4.97. The molecule has 4 atom stereocenters. The van der Waals surface area contributed by atoms with Crippen LogP contribution in [0.25, 0.3) is 0 Å². The topological polar surface area (TPSA) is 60.9 Å². The van der Waals surface area contributed by atoms with Crippen LogP contribution in [-0.4, -0.2) is 57.2 Å². The quantitative estimate of drug-likeness (QED) is 0.870. The van der Waals surface area contributed by atoms with Crippen LogP contribution in [0.3, 0.4) is 0 Å². The molecular formula is C15H26N2O3S. The summed E-state index contributed by atoms with van der Waals surface area (Å²) in [5.41, 5.74) is 0. The lowest BCUT2D eigenvalue weighted by atomic mass is 9.92. The van der Waals surface area contributed by atoms with E-state index in [-0.39, 0.29) is 11.4 Å². The Morgan fingerprint density at radius 2 is 1.86 bits per heavy atom. The number of piperidine rings is 1. The number of rotatable bonds is 3. The van der Waals surface area contributed by atoms with Crippen molar-refractivity contribution >= 4 is 23.8 Å². The van der Waals surface area contributed by atoms with E-state index in [2.05, 4.69) is 20.8 Å². The second-order valence-corrected chi connectivity index (χ2v) is 7.68. The summed E-state index contributed by atoms with van der Waals surface area (Å²) in [6.07, 6.45) is 2.96. The second kappa shape index (κ2) is 6.90. The van der Waals surface area contributed by atoms with E-state index in [4.69, 9.17) is 0 Å². The van der Waals surface area contributed by atoms with E-state index in [1.807, 2.05) is 4.90 Å². The summed E-state index contributed by atoms with van der Waals surface area (Å²) in [6, 6.07) is -0.754. The van der Waals surface area contributed by atoms with Crippen LogP contribution < -0.4 is 0 Å². The summed E-state index contributed by atoms with van der Waals surface area (Å²) >= 11 is 1.60. The highest BCUT2D eigenvalue weighted by Gasteiger charge is 2.43. The molecule has 2 aliphatic heterocycles. The summed E-state index contributed by atoms with van der Waals surface area (Å²) in [5, 5.41) is 9.41. The maximum Gasteiger partial charge on any atom is 0.327 e. The van der Waals surface area contributed by atoms with Crippen molar-refractivity contribution in [2.75, 3.05) is 18.8 Å². The lowest BCUT2D eigenvalue weighted by molar-refractivity contribution is -0.141. The molecule has 5 nitrogen and oxygen atoms in total. The molecule has 2 saturated heterocycles. The maximum absolute atomic E-state index is 12.9. The van der Waals surface area contributed by atoms with Crippen LogP contribution in [0.15, 0.2) is 0 Å². The number of hydrogen-bond donors (Lipinski definition) is 1. The van der Waals surface area contributed by atoms with Crippen molar-refractivity contribution in [3.05, 3.63) is 0 Å². The Morgan fingerprint density at radius 1 is 1.24 bits per heavy atom. The zero-order valence-electron chi connectivity index (χ0n) is 13.1. The van der Waals surface area contributed by atoms with E-state index in [0.29, 0.717) is 17.6 Å².